The molecular formula is C14H15N5O3S. The number of aromatic nitrogens is 4. The molecule has 2 aromatic heterocycles. The second-order valence-corrected chi connectivity index (χ2v) is 6.40. The molecule has 0 fully saturated rings. The molecule has 23 heavy (non-hydrogen) atoms. The van der Waals surface area contributed by atoms with Gasteiger partial charge in [0.25, 0.3) is 0 Å². The lowest BCUT2D eigenvalue weighted by molar-refractivity contribution is 0.321. The van der Waals surface area contributed by atoms with Crippen molar-refractivity contribution < 1.29 is 13.2 Å². The summed E-state index contributed by atoms with van der Waals surface area (Å²) in [5, 5.41) is 12.1. The molecule has 0 saturated heterocycles. The van der Waals surface area contributed by atoms with E-state index in [2.05, 4.69) is 20.0 Å². The molecule has 2 heterocycles. The van der Waals surface area contributed by atoms with Crippen molar-refractivity contribution in [1.82, 2.24) is 24.5 Å². The van der Waals surface area contributed by atoms with Crippen LogP contribution in [-0.2, 0) is 16.6 Å². The van der Waals surface area contributed by atoms with Crippen LogP contribution in [-0.4, -0.2) is 34.8 Å². The van der Waals surface area contributed by atoms with Crippen LogP contribution < -0.4 is 9.46 Å². The number of fused-ring (bicyclic) bond motifs is 1. The van der Waals surface area contributed by atoms with Crippen molar-refractivity contribution in [2.45, 2.75) is 18.4 Å². The maximum atomic E-state index is 12.2. The van der Waals surface area contributed by atoms with Gasteiger partial charge in [-0.3, -0.25) is 0 Å². The number of nitrogens with zero attached hydrogens (tertiary/aromatic N) is 4. The van der Waals surface area contributed by atoms with E-state index >= 15 is 0 Å². The molecule has 9 heteroatoms. The minimum absolute atomic E-state index is 0.0268. The third-order valence-electron chi connectivity index (χ3n) is 3.07. The van der Waals surface area contributed by atoms with Crippen molar-refractivity contribution in [2.75, 3.05) is 6.61 Å². The lowest BCUT2D eigenvalue weighted by atomic mass is 10.4. The number of nitrogens with one attached hydrogen (secondary N) is 1. The first-order chi connectivity index (χ1) is 11.1. The van der Waals surface area contributed by atoms with E-state index < -0.39 is 10.0 Å². The molecule has 0 radical (unpaired) electrons. The fourth-order valence-electron chi connectivity index (χ4n) is 1.99. The summed E-state index contributed by atoms with van der Waals surface area (Å²) in [4.78, 5) is 0.191. The van der Waals surface area contributed by atoms with E-state index in [0.29, 0.717) is 24.0 Å². The standard InChI is InChI=1S/C14H15N5O3S/c1-2-22-14-9-8-12-16-17-13(19(12)18-14)10-15-23(20,21)11-6-4-3-5-7-11/h3-9,15H,2,10H2,1H3. The lowest BCUT2D eigenvalue weighted by Crippen LogP contribution is -2.24. The largest absolute Gasteiger partial charge is 0.477 e. The maximum absolute atomic E-state index is 12.2. The predicted molar refractivity (Wildman–Crippen MR) is 82.4 cm³/mol. The van der Waals surface area contributed by atoms with E-state index in [1.54, 1.807) is 30.3 Å². The molecule has 3 aromatic rings. The third kappa shape index (κ3) is 3.30. The molecule has 0 atom stereocenters. The van der Waals surface area contributed by atoms with Gasteiger partial charge < -0.3 is 4.74 Å². The molecule has 120 valence electrons. The van der Waals surface area contributed by atoms with Gasteiger partial charge in [-0.15, -0.1) is 15.3 Å². The molecule has 0 aliphatic rings. The summed E-state index contributed by atoms with van der Waals surface area (Å²) in [6, 6.07) is 11.5. The number of benzene rings is 1. The SMILES string of the molecule is CCOc1ccc2nnc(CNS(=O)(=O)c3ccccc3)n2n1. The van der Waals surface area contributed by atoms with Crippen LogP contribution in [0, 0.1) is 0 Å². The Hall–Kier alpha value is -2.52. The number of rotatable bonds is 6. The minimum atomic E-state index is -3.62. The Bertz CT molecular complexity index is 909. The zero-order valence-corrected chi connectivity index (χ0v) is 13.2. The van der Waals surface area contributed by atoms with Crippen molar-refractivity contribution in [3.8, 4) is 5.88 Å². The summed E-state index contributed by atoms with van der Waals surface area (Å²) < 4.78 is 33.7. The molecule has 0 aliphatic heterocycles. The van der Waals surface area contributed by atoms with Crippen molar-refractivity contribution in [2.24, 2.45) is 0 Å². The summed E-state index contributed by atoms with van der Waals surface area (Å²) in [5.74, 6) is 0.799. The number of hydrogen-bond acceptors (Lipinski definition) is 6. The minimum Gasteiger partial charge on any atom is -0.477 e. The van der Waals surface area contributed by atoms with Crippen molar-refractivity contribution in [1.29, 1.82) is 0 Å². The lowest BCUT2D eigenvalue weighted by Gasteiger charge is -2.06. The van der Waals surface area contributed by atoms with E-state index in [-0.39, 0.29) is 11.4 Å². The molecule has 0 aliphatic carbocycles. The van der Waals surface area contributed by atoms with Gasteiger partial charge in [-0.2, -0.15) is 4.52 Å². The molecule has 1 N–H and O–H groups in total. The van der Waals surface area contributed by atoms with Crippen molar-refractivity contribution in [3.63, 3.8) is 0 Å². The Morgan fingerprint density at radius 2 is 1.91 bits per heavy atom. The smallest absolute Gasteiger partial charge is 0.240 e. The van der Waals surface area contributed by atoms with Gasteiger partial charge in [0.15, 0.2) is 11.5 Å². The van der Waals surface area contributed by atoms with E-state index in [0.717, 1.165) is 0 Å². The fraction of sp³-hybridized carbons (Fsp3) is 0.214. The van der Waals surface area contributed by atoms with E-state index in [1.807, 2.05) is 6.92 Å². The van der Waals surface area contributed by atoms with Gasteiger partial charge in [-0.1, -0.05) is 18.2 Å². The van der Waals surface area contributed by atoms with Crippen LogP contribution in [0.3, 0.4) is 0 Å². The maximum Gasteiger partial charge on any atom is 0.240 e. The van der Waals surface area contributed by atoms with E-state index in [1.165, 1.54) is 16.6 Å². The third-order valence-corrected chi connectivity index (χ3v) is 4.49. The highest BCUT2D eigenvalue weighted by molar-refractivity contribution is 7.89. The molecule has 8 nitrogen and oxygen atoms in total. The zero-order chi connectivity index (χ0) is 16.3. The first kappa shape index (κ1) is 15.4. The normalized spacial score (nSPS) is 11.7. The summed E-state index contributed by atoms with van der Waals surface area (Å²) in [6.45, 7) is 2.31. The number of hydrogen-bond donors (Lipinski definition) is 1. The van der Waals surface area contributed by atoms with Crippen molar-refractivity contribution >= 4 is 15.7 Å². The quantitative estimate of drug-likeness (QED) is 0.722. The molecule has 0 bridgehead atoms. The van der Waals surface area contributed by atoms with Crippen LogP contribution in [0.25, 0.3) is 5.65 Å². The predicted octanol–water partition coefficient (Wildman–Crippen LogP) is 1.00. The van der Waals surface area contributed by atoms with Crippen LogP contribution in [0.1, 0.15) is 12.7 Å². The summed E-state index contributed by atoms with van der Waals surface area (Å²) >= 11 is 0. The highest BCUT2D eigenvalue weighted by Gasteiger charge is 2.15. The summed E-state index contributed by atoms with van der Waals surface area (Å²) in [7, 11) is -3.62. The second-order valence-electron chi connectivity index (χ2n) is 4.63. The van der Waals surface area contributed by atoms with Gasteiger partial charge in [-0.25, -0.2) is 13.1 Å². The van der Waals surface area contributed by atoms with Gasteiger partial charge in [-0.05, 0) is 25.1 Å². The Balaban J connectivity index is 1.83. The highest BCUT2D eigenvalue weighted by atomic mass is 32.2. The van der Waals surface area contributed by atoms with Gasteiger partial charge in [0.1, 0.15) is 0 Å². The van der Waals surface area contributed by atoms with Crippen LogP contribution >= 0.6 is 0 Å². The molecule has 0 spiro atoms. The van der Waals surface area contributed by atoms with Crippen LogP contribution in [0.4, 0.5) is 0 Å². The van der Waals surface area contributed by atoms with Gasteiger partial charge >= 0.3 is 0 Å². The van der Waals surface area contributed by atoms with E-state index in [9.17, 15) is 8.42 Å². The second kappa shape index (κ2) is 6.31. The molecule has 0 saturated carbocycles. The summed E-state index contributed by atoms with van der Waals surface area (Å²) in [6.07, 6.45) is 0. The van der Waals surface area contributed by atoms with Gasteiger partial charge in [0.2, 0.25) is 15.9 Å². The van der Waals surface area contributed by atoms with Crippen LogP contribution in [0.15, 0.2) is 47.4 Å². The van der Waals surface area contributed by atoms with Crippen LogP contribution in [0.5, 0.6) is 5.88 Å². The topological polar surface area (TPSA) is 98.5 Å². The average molecular weight is 333 g/mol. The highest BCUT2D eigenvalue weighted by Crippen LogP contribution is 2.11. The van der Waals surface area contributed by atoms with Gasteiger partial charge in [0.05, 0.1) is 18.0 Å². The fourth-order valence-corrected chi connectivity index (χ4v) is 3.00. The Morgan fingerprint density at radius 3 is 2.65 bits per heavy atom. The Morgan fingerprint density at radius 1 is 1.13 bits per heavy atom. The number of sulfonamides is 1. The first-order valence-electron chi connectivity index (χ1n) is 6.99. The molecule has 3 rings (SSSR count). The monoisotopic (exact) mass is 333 g/mol. The molecular weight excluding hydrogens is 318 g/mol. The van der Waals surface area contributed by atoms with Crippen LogP contribution in [0.2, 0.25) is 0 Å². The molecule has 1 aromatic carbocycles. The van der Waals surface area contributed by atoms with Crippen molar-refractivity contribution in [3.05, 3.63) is 48.3 Å². The zero-order valence-electron chi connectivity index (χ0n) is 12.4. The first-order valence-corrected chi connectivity index (χ1v) is 8.47. The average Bonchev–Trinajstić information content (AvgIpc) is 2.97. The Kier molecular flexibility index (Phi) is 4.22. The number of ether oxygens (including phenoxy) is 1. The molecule has 0 unspecified atom stereocenters. The van der Waals surface area contributed by atoms with E-state index in [4.69, 9.17) is 4.74 Å². The Labute approximate surface area is 133 Å². The van der Waals surface area contributed by atoms with Gasteiger partial charge in [0, 0.05) is 6.07 Å². The summed E-state index contributed by atoms with van der Waals surface area (Å²) in [5.41, 5.74) is 0.516. The molecule has 0 amide bonds.